The Morgan fingerprint density at radius 2 is 1.33 bits per heavy atom. The molecule has 1 saturated heterocycles. The third-order valence-corrected chi connectivity index (χ3v) is 5.02. The Morgan fingerprint density at radius 1 is 0.788 bits per heavy atom. The van der Waals surface area contributed by atoms with Crippen molar-refractivity contribution >= 4 is 11.9 Å². The average molecular weight is 446 g/mol. The van der Waals surface area contributed by atoms with Gasteiger partial charge in [-0.2, -0.15) is 0 Å². The predicted molar refractivity (Wildman–Crippen MR) is 120 cm³/mol. The average Bonchev–Trinajstić information content (AvgIpc) is 3.35. The van der Waals surface area contributed by atoms with E-state index in [4.69, 9.17) is 23.4 Å². The topological polar surface area (TPSA) is 84.2 Å². The molecule has 168 valence electrons. The minimum Gasteiger partial charge on any atom is -0.456 e. The fourth-order valence-electron chi connectivity index (χ4n) is 3.31. The summed E-state index contributed by atoms with van der Waals surface area (Å²) in [4.78, 5) is 22.6. The zero-order chi connectivity index (χ0) is 23.2. The second kappa shape index (κ2) is 10.1. The molecule has 0 unspecified atom stereocenters. The molecular formula is C26H22O7. The monoisotopic (exact) mass is 446 g/mol. The van der Waals surface area contributed by atoms with Crippen LogP contribution in [0.1, 0.15) is 23.5 Å². The van der Waals surface area contributed by atoms with Gasteiger partial charge in [-0.3, -0.25) is 0 Å². The number of hydrogen-bond donors (Lipinski definition) is 0. The smallest absolute Gasteiger partial charge is 0.335 e. The minimum absolute atomic E-state index is 0.0469. The van der Waals surface area contributed by atoms with E-state index < -0.39 is 18.2 Å². The Labute approximate surface area is 190 Å². The standard InChI is InChI=1S/C26H22O7/c1-3-24(27)31-20-9-5-17(6-10-20)19-15-29-26(30-16-19)23-14-13-22(33-23)18-7-11-21(12-8-18)32-25(28)4-2/h3-14,19,26H,1-2,15-16H2. The van der Waals surface area contributed by atoms with Crippen LogP contribution in [0.5, 0.6) is 11.5 Å². The number of rotatable bonds is 7. The summed E-state index contributed by atoms with van der Waals surface area (Å²) in [6, 6.07) is 17.8. The molecule has 7 nitrogen and oxygen atoms in total. The van der Waals surface area contributed by atoms with Gasteiger partial charge in [0.15, 0.2) is 5.76 Å². The third kappa shape index (κ3) is 5.46. The van der Waals surface area contributed by atoms with Crippen LogP contribution in [0.4, 0.5) is 0 Å². The summed E-state index contributed by atoms with van der Waals surface area (Å²) in [6.45, 7) is 7.66. The van der Waals surface area contributed by atoms with Gasteiger partial charge in [0.2, 0.25) is 6.29 Å². The Kier molecular flexibility index (Phi) is 6.83. The summed E-state index contributed by atoms with van der Waals surface area (Å²) >= 11 is 0. The number of esters is 2. The molecule has 4 rings (SSSR count). The highest BCUT2D eigenvalue weighted by molar-refractivity contribution is 5.83. The minimum atomic E-state index is -0.601. The Balaban J connectivity index is 1.34. The zero-order valence-electron chi connectivity index (χ0n) is 17.8. The molecule has 7 heteroatoms. The number of benzene rings is 2. The van der Waals surface area contributed by atoms with Crippen molar-refractivity contribution in [2.45, 2.75) is 12.2 Å². The fraction of sp³-hybridized carbons (Fsp3) is 0.154. The number of furan rings is 1. The van der Waals surface area contributed by atoms with Gasteiger partial charge in [0.05, 0.1) is 13.2 Å². The fourth-order valence-corrected chi connectivity index (χ4v) is 3.31. The number of ether oxygens (including phenoxy) is 4. The van der Waals surface area contributed by atoms with Crippen molar-refractivity contribution in [3.63, 3.8) is 0 Å². The first kappa shape index (κ1) is 22.3. The lowest BCUT2D eigenvalue weighted by atomic mass is 10.0. The molecule has 33 heavy (non-hydrogen) atoms. The van der Waals surface area contributed by atoms with E-state index in [1.54, 1.807) is 36.4 Å². The van der Waals surface area contributed by atoms with Gasteiger partial charge in [0.1, 0.15) is 17.3 Å². The summed E-state index contributed by atoms with van der Waals surface area (Å²) in [6.07, 6.45) is 1.63. The highest BCUT2D eigenvalue weighted by atomic mass is 16.7. The van der Waals surface area contributed by atoms with E-state index >= 15 is 0 Å². The molecular weight excluding hydrogens is 424 g/mol. The van der Waals surface area contributed by atoms with Gasteiger partial charge >= 0.3 is 11.9 Å². The Bertz CT molecular complexity index is 1130. The van der Waals surface area contributed by atoms with Crippen LogP contribution in [0, 0.1) is 0 Å². The summed E-state index contributed by atoms with van der Waals surface area (Å²) in [5.41, 5.74) is 1.84. The van der Waals surface area contributed by atoms with Crippen molar-refractivity contribution in [2.24, 2.45) is 0 Å². The normalized spacial score (nSPS) is 17.7. The maximum atomic E-state index is 11.3. The van der Waals surface area contributed by atoms with E-state index in [0.29, 0.717) is 36.2 Å². The number of carbonyl (C=O) groups excluding carboxylic acids is 2. The van der Waals surface area contributed by atoms with E-state index in [1.165, 1.54) is 0 Å². The molecule has 0 amide bonds. The van der Waals surface area contributed by atoms with Crippen molar-refractivity contribution in [2.75, 3.05) is 13.2 Å². The van der Waals surface area contributed by atoms with Crippen molar-refractivity contribution in [1.82, 2.24) is 0 Å². The first-order valence-corrected chi connectivity index (χ1v) is 10.3. The number of hydrogen-bond acceptors (Lipinski definition) is 7. The van der Waals surface area contributed by atoms with Gasteiger partial charge in [-0.05, 0) is 54.1 Å². The molecule has 1 aliphatic rings. The Morgan fingerprint density at radius 3 is 1.88 bits per heavy atom. The van der Waals surface area contributed by atoms with Crippen LogP contribution >= 0.6 is 0 Å². The molecule has 0 atom stereocenters. The summed E-state index contributed by atoms with van der Waals surface area (Å²) < 4.78 is 27.9. The SMILES string of the molecule is C=CC(=O)Oc1ccc(-c2ccc(C3OCC(c4ccc(OC(=O)C=C)cc4)CO3)o2)cc1. The van der Waals surface area contributed by atoms with E-state index in [9.17, 15) is 9.59 Å². The second-order valence-electron chi connectivity index (χ2n) is 7.24. The predicted octanol–water partition coefficient (Wildman–Crippen LogP) is 4.96. The molecule has 0 saturated carbocycles. The van der Waals surface area contributed by atoms with Gasteiger partial charge in [0.25, 0.3) is 0 Å². The molecule has 0 bridgehead atoms. The zero-order valence-corrected chi connectivity index (χ0v) is 17.8. The van der Waals surface area contributed by atoms with Crippen molar-refractivity contribution in [1.29, 1.82) is 0 Å². The first-order chi connectivity index (χ1) is 16.1. The number of carbonyl (C=O) groups is 2. The van der Waals surface area contributed by atoms with E-state index in [0.717, 1.165) is 23.3 Å². The largest absolute Gasteiger partial charge is 0.456 e. The van der Waals surface area contributed by atoms with Gasteiger partial charge in [-0.25, -0.2) is 9.59 Å². The summed E-state index contributed by atoms with van der Waals surface area (Å²) in [5.74, 6) is 1.12. The van der Waals surface area contributed by atoms with Gasteiger partial charge < -0.3 is 23.4 Å². The van der Waals surface area contributed by atoms with Gasteiger partial charge in [0, 0.05) is 23.6 Å². The van der Waals surface area contributed by atoms with Crippen LogP contribution in [0.15, 0.2) is 90.4 Å². The summed E-state index contributed by atoms with van der Waals surface area (Å²) in [5, 5.41) is 0. The van der Waals surface area contributed by atoms with E-state index in [-0.39, 0.29) is 5.92 Å². The van der Waals surface area contributed by atoms with Crippen molar-refractivity contribution in [3.8, 4) is 22.8 Å². The maximum Gasteiger partial charge on any atom is 0.335 e. The maximum absolute atomic E-state index is 11.3. The summed E-state index contributed by atoms with van der Waals surface area (Å²) in [7, 11) is 0. The molecule has 2 heterocycles. The molecule has 0 radical (unpaired) electrons. The molecule has 2 aromatic carbocycles. The molecule has 0 N–H and O–H groups in total. The molecule has 3 aromatic rings. The van der Waals surface area contributed by atoms with Gasteiger partial charge in [-0.15, -0.1) is 0 Å². The lowest BCUT2D eigenvalue weighted by Crippen LogP contribution is -2.25. The van der Waals surface area contributed by atoms with Crippen LogP contribution in [0.3, 0.4) is 0 Å². The van der Waals surface area contributed by atoms with Crippen LogP contribution in [-0.2, 0) is 19.1 Å². The molecule has 0 aliphatic carbocycles. The van der Waals surface area contributed by atoms with E-state index in [2.05, 4.69) is 13.2 Å². The highest BCUT2D eigenvalue weighted by Crippen LogP contribution is 2.33. The second-order valence-corrected chi connectivity index (χ2v) is 7.24. The molecule has 1 aromatic heterocycles. The lowest BCUT2D eigenvalue weighted by molar-refractivity contribution is -0.199. The van der Waals surface area contributed by atoms with Crippen molar-refractivity contribution in [3.05, 3.63) is 97.3 Å². The quantitative estimate of drug-likeness (QED) is 0.288. The Hall–Kier alpha value is -3.94. The molecule has 1 fully saturated rings. The third-order valence-electron chi connectivity index (χ3n) is 5.02. The lowest BCUT2D eigenvalue weighted by Gasteiger charge is -2.28. The highest BCUT2D eigenvalue weighted by Gasteiger charge is 2.27. The molecule has 1 aliphatic heterocycles. The van der Waals surface area contributed by atoms with Crippen LogP contribution in [0.2, 0.25) is 0 Å². The van der Waals surface area contributed by atoms with Gasteiger partial charge in [-0.1, -0.05) is 25.3 Å². The van der Waals surface area contributed by atoms with Crippen molar-refractivity contribution < 1.29 is 33.0 Å². The first-order valence-electron chi connectivity index (χ1n) is 10.3. The molecule has 0 spiro atoms. The van der Waals surface area contributed by atoms with Crippen LogP contribution in [-0.4, -0.2) is 25.2 Å². The van der Waals surface area contributed by atoms with Crippen LogP contribution < -0.4 is 9.47 Å². The van der Waals surface area contributed by atoms with E-state index in [1.807, 2.05) is 24.3 Å². The van der Waals surface area contributed by atoms with Crippen LogP contribution in [0.25, 0.3) is 11.3 Å².